The van der Waals surface area contributed by atoms with Gasteiger partial charge in [0.1, 0.15) is 0 Å². The topological polar surface area (TPSA) is 41.9 Å². The molecule has 0 bridgehead atoms. The summed E-state index contributed by atoms with van der Waals surface area (Å²) in [5.41, 5.74) is 0. The first-order valence-electron chi connectivity index (χ1n) is 5.76. The smallest absolute Gasteiger partial charge is 0.0639 e. The van der Waals surface area contributed by atoms with E-state index in [2.05, 4.69) is 4.90 Å². The van der Waals surface area contributed by atoms with Gasteiger partial charge in [-0.1, -0.05) is 0 Å². The van der Waals surface area contributed by atoms with Gasteiger partial charge in [0.05, 0.1) is 19.3 Å². The normalized spacial score (nSPS) is 13.4. The molecule has 0 rings (SSSR count). The average molecular weight is 219 g/mol. The number of rotatable bonds is 10. The number of aliphatic hydroxyl groups excluding tert-OH is 1. The van der Waals surface area contributed by atoms with Crippen LogP contribution in [0.15, 0.2) is 0 Å². The molecule has 0 heterocycles. The molecule has 0 aliphatic rings. The fraction of sp³-hybridized carbons (Fsp3) is 1.00. The molecule has 0 saturated carbocycles. The van der Waals surface area contributed by atoms with Gasteiger partial charge in [0, 0.05) is 32.8 Å². The lowest BCUT2D eigenvalue weighted by Crippen LogP contribution is -2.36. The third-order valence-corrected chi connectivity index (χ3v) is 2.03. The Morgan fingerprint density at radius 2 is 1.53 bits per heavy atom. The van der Waals surface area contributed by atoms with Crippen LogP contribution < -0.4 is 0 Å². The van der Waals surface area contributed by atoms with Crippen LogP contribution in [0, 0.1) is 0 Å². The molecule has 0 aliphatic heterocycles. The highest BCUT2D eigenvalue weighted by Crippen LogP contribution is 1.93. The molecule has 0 spiro atoms. The van der Waals surface area contributed by atoms with Crippen LogP contribution in [-0.4, -0.2) is 62.2 Å². The Morgan fingerprint density at radius 1 is 1.07 bits per heavy atom. The average Bonchev–Trinajstić information content (AvgIpc) is 2.17. The van der Waals surface area contributed by atoms with E-state index < -0.39 is 0 Å². The van der Waals surface area contributed by atoms with Gasteiger partial charge in [-0.05, 0) is 20.8 Å². The van der Waals surface area contributed by atoms with E-state index in [-0.39, 0.29) is 6.10 Å². The van der Waals surface area contributed by atoms with Gasteiger partial charge in [0.2, 0.25) is 0 Å². The van der Waals surface area contributed by atoms with Gasteiger partial charge in [0.25, 0.3) is 0 Å². The SMILES string of the molecule is CCOCCN(CCOCC)C[C@@H](C)O. The summed E-state index contributed by atoms with van der Waals surface area (Å²) in [6.07, 6.45) is -0.298. The van der Waals surface area contributed by atoms with Crippen molar-refractivity contribution < 1.29 is 14.6 Å². The summed E-state index contributed by atoms with van der Waals surface area (Å²) in [5, 5.41) is 9.31. The minimum absolute atomic E-state index is 0.298. The minimum atomic E-state index is -0.298. The second-order valence-corrected chi connectivity index (χ2v) is 3.54. The van der Waals surface area contributed by atoms with Crippen LogP contribution in [0.2, 0.25) is 0 Å². The molecule has 1 N–H and O–H groups in total. The lowest BCUT2D eigenvalue weighted by molar-refractivity contribution is 0.0583. The molecule has 0 fully saturated rings. The number of hydrogen-bond donors (Lipinski definition) is 1. The van der Waals surface area contributed by atoms with Crippen molar-refractivity contribution in [3.8, 4) is 0 Å². The molecule has 1 atom stereocenters. The molecular weight excluding hydrogens is 194 g/mol. The molecule has 0 aromatic rings. The molecule has 4 heteroatoms. The second kappa shape index (κ2) is 10.4. The molecule has 4 nitrogen and oxygen atoms in total. The Hall–Kier alpha value is -0.160. The summed E-state index contributed by atoms with van der Waals surface area (Å²) in [6.45, 7) is 11.1. The van der Waals surface area contributed by atoms with E-state index in [1.165, 1.54) is 0 Å². The third-order valence-electron chi connectivity index (χ3n) is 2.03. The van der Waals surface area contributed by atoms with Crippen molar-refractivity contribution in [2.24, 2.45) is 0 Å². The van der Waals surface area contributed by atoms with Gasteiger partial charge >= 0.3 is 0 Å². The van der Waals surface area contributed by atoms with Crippen LogP contribution in [0.5, 0.6) is 0 Å². The Balaban J connectivity index is 3.63. The van der Waals surface area contributed by atoms with E-state index in [1.807, 2.05) is 13.8 Å². The maximum Gasteiger partial charge on any atom is 0.0639 e. The van der Waals surface area contributed by atoms with Crippen LogP contribution in [0.25, 0.3) is 0 Å². The van der Waals surface area contributed by atoms with E-state index in [1.54, 1.807) is 6.92 Å². The van der Waals surface area contributed by atoms with Crippen molar-refractivity contribution in [2.75, 3.05) is 46.1 Å². The first-order chi connectivity index (χ1) is 7.20. The van der Waals surface area contributed by atoms with Gasteiger partial charge in [-0.3, -0.25) is 4.90 Å². The van der Waals surface area contributed by atoms with Crippen molar-refractivity contribution in [1.29, 1.82) is 0 Å². The van der Waals surface area contributed by atoms with Gasteiger partial charge in [-0.15, -0.1) is 0 Å². The number of hydrogen-bond acceptors (Lipinski definition) is 4. The summed E-state index contributed by atoms with van der Waals surface area (Å²) in [5.74, 6) is 0. The lowest BCUT2D eigenvalue weighted by atomic mass is 10.3. The fourth-order valence-corrected chi connectivity index (χ4v) is 1.34. The quantitative estimate of drug-likeness (QED) is 0.550. The van der Waals surface area contributed by atoms with E-state index in [0.29, 0.717) is 6.54 Å². The molecule has 0 aromatic carbocycles. The van der Waals surface area contributed by atoms with E-state index >= 15 is 0 Å². The molecule has 0 amide bonds. The van der Waals surface area contributed by atoms with Crippen molar-refractivity contribution in [3.05, 3.63) is 0 Å². The molecule has 0 unspecified atom stereocenters. The third kappa shape index (κ3) is 10.1. The molecular formula is C11H25NO3. The Labute approximate surface area is 93.2 Å². The van der Waals surface area contributed by atoms with Gasteiger partial charge in [-0.2, -0.15) is 0 Å². The predicted octanol–water partition coefficient (Wildman–Crippen LogP) is 0.742. The van der Waals surface area contributed by atoms with Crippen LogP contribution in [0.1, 0.15) is 20.8 Å². The van der Waals surface area contributed by atoms with E-state index in [0.717, 1.165) is 39.5 Å². The van der Waals surface area contributed by atoms with Gasteiger partial charge in [0.15, 0.2) is 0 Å². The highest BCUT2D eigenvalue weighted by molar-refractivity contribution is 4.60. The molecule has 0 radical (unpaired) electrons. The highest BCUT2D eigenvalue weighted by Gasteiger charge is 2.07. The lowest BCUT2D eigenvalue weighted by Gasteiger charge is -2.23. The first kappa shape index (κ1) is 14.8. The predicted molar refractivity (Wildman–Crippen MR) is 61.1 cm³/mol. The standard InChI is InChI=1S/C11H25NO3/c1-4-14-8-6-12(10-11(3)13)7-9-15-5-2/h11,13H,4-10H2,1-3H3/t11-/m1/s1. The molecule has 0 aliphatic carbocycles. The zero-order chi connectivity index (χ0) is 11.5. The number of nitrogens with zero attached hydrogens (tertiary/aromatic N) is 1. The minimum Gasteiger partial charge on any atom is -0.392 e. The van der Waals surface area contributed by atoms with Crippen molar-refractivity contribution in [2.45, 2.75) is 26.9 Å². The Bertz CT molecular complexity index is 121. The van der Waals surface area contributed by atoms with Gasteiger partial charge < -0.3 is 14.6 Å². The zero-order valence-corrected chi connectivity index (χ0v) is 10.2. The maximum absolute atomic E-state index is 9.31. The van der Waals surface area contributed by atoms with Crippen LogP contribution >= 0.6 is 0 Å². The monoisotopic (exact) mass is 219 g/mol. The summed E-state index contributed by atoms with van der Waals surface area (Å²) in [7, 11) is 0. The summed E-state index contributed by atoms with van der Waals surface area (Å²) >= 11 is 0. The Morgan fingerprint density at radius 3 is 1.87 bits per heavy atom. The fourth-order valence-electron chi connectivity index (χ4n) is 1.34. The van der Waals surface area contributed by atoms with E-state index in [4.69, 9.17) is 9.47 Å². The molecule has 92 valence electrons. The first-order valence-corrected chi connectivity index (χ1v) is 5.76. The van der Waals surface area contributed by atoms with Crippen molar-refractivity contribution in [1.82, 2.24) is 4.90 Å². The maximum atomic E-state index is 9.31. The molecule has 0 aromatic heterocycles. The van der Waals surface area contributed by atoms with Crippen molar-refractivity contribution >= 4 is 0 Å². The summed E-state index contributed by atoms with van der Waals surface area (Å²) < 4.78 is 10.6. The summed E-state index contributed by atoms with van der Waals surface area (Å²) in [4.78, 5) is 2.16. The van der Waals surface area contributed by atoms with E-state index in [9.17, 15) is 5.11 Å². The van der Waals surface area contributed by atoms with Crippen molar-refractivity contribution in [3.63, 3.8) is 0 Å². The van der Waals surface area contributed by atoms with Gasteiger partial charge in [-0.25, -0.2) is 0 Å². The largest absolute Gasteiger partial charge is 0.392 e. The highest BCUT2D eigenvalue weighted by atomic mass is 16.5. The second-order valence-electron chi connectivity index (χ2n) is 3.54. The van der Waals surface area contributed by atoms with Crippen LogP contribution in [-0.2, 0) is 9.47 Å². The number of aliphatic hydroxyl groups is 1. The van der Waals surface area contributed by atoms with Crippen LogP contribution in [0.4, 0.5) is 0 Å². The Kier molecular flexibility index (Phi) is 10.3. The zero-order valence-electron chi connectivity index (χ0n) is 10.2. The molecule has 15 heavy (non-hydrogen) atoms. The number of ether oxygens (including phenoxy) is 2. The summed E-state index contributed by atoms with van der Waals surface area (Å²) in [6, 6.07) is 0. The van der Waals surface area contributed by atoms with Crippen LogP contribution in [0.3, 0.4) is 0 Å². The molecule has 0 saturated heterocycles.